The van der Waals surface area contributed by atoms with Crippen molar-refractivity contribution in [3.63, 3.8) is 0 Å². The first-order valence-electron chi connectivity index (χ1n) is 7.01. The summed E-state index contributed by atoms with van der Waals surface area (Å²) in [5.74, 6) is 1.29. The minimum absolute atomic E-state index is 0.389. The molecule has 24 heavy (non-hydrogen) atoms. The predicted molar refractivity (Wildman–Crippen MR) is 91.0 cm³/mol. The SMILES string of the molecule is Nc1ccc2ncc(-c3cnc(Nc4ncccc4Cl)nc3)n2n1. The quantitative estimate of drug-likeness (QED) is 0.591. The van der Waals surface area contributed by atoms with Crippen molar-refractivity contribution in [1.29, 1.82) is 0 Å². The molecule has 0 aliphatic carbocycles. The molecule has 4 rings (SSSR count). The predicted octanol–water partition coefficient (Wildman–Crippen LogP) is 2.56. The summed E-state index contributed by atoms with van der Waals surface area (Å²) in [5.41, 5.74) is 7.94. The molecule has 0 unspecified atom stereocenters. The van der Waals surface area contributed by atoms with Crippen LogP contribution in [0.3, 0.4) is 0 Å². The molecule has 0 radical (unpaired) electrons. The molecule has 0 aromatic carbocycles. The Hall–Kier alpha value is -3.26. The van der Waals surface area contributed by atoms with Gasteiger partial charge in [0.2, 0.25) is 5.95 Å². The first-order chi connectivity index (χ1) is 11.7. The lowest BCUT2D eigenvalue weighted by molar-refractivity contribution is 0.949. The third kappa shape index (κ3) is 2.59. The molecule has 4 heterocycles. The Bertz CT molecular complexity index is 1010. The summed E-state index contributed by atoms with van der Waals surface area (Å²) < 4.78 is 1.65. The topological polar surface area (TPSA) is 107 Å². The highest BCUT2D eigenvalue weighted by molar-refractivity contribution is 6.32. The van der Waals surface area contributed by atoms with Gasteiger partial charge in [-0.25, -0.2) is 24.5 Å². The van der Waals surface area contributed by atoms with E-state index in [2.05, 4.69) is 30.4 Å². The van der Waals surface area contributed by atoms with Crippen LogP contribution in [0.4, 0.5) is 17.6 Å². The number of nitrogens with zero attached hydrogens (tertiary/aromatic N) is 6. The lowest BCUT2D eigenvalue weighted by Crippen LogP contribution is -2.01. The fraction of sp³-hybridized carbons (Fsp3) is 0. The summed E-state index contributed by atoms with van der Waals surface area (Å²) in [5, 5.41) is 7.71. The van der Waals surface area contributed by atoms with Gasteiger partial charge in [-0.15, -0.1) is 5.10 Å². The van der Waals surface area contributed by atoms with E-state index in [1.807, 2.05) is 0 Å². The number of hydrogen-bond donors (Lipinski definition) is 2. The molecule has 9 heteroatoms. The average molecular weight is 339 g/mol. The van der Waals surface area contributed by atoms with E-state index in [4.69, 9.17) is 17.3 Å². The van der Waals surface area contributed by atoms with Crippen LogP contribution in [-0.2, 0) is 0 Å². The van der Waals surface area contributed by atoms with Crippen LogP contribution in [0.5, 0.6) is 0 Å². The fourth-order valence-corrected chi connectivity index (χ4v) is 2.36. The largest absolute Gasteiger partial charge is 0.382 e. The Morgan fingerprint density at radius 3 is 2.62 bits per heavy atom. The minimum atomic E-state index is 0.389. The van der Waals surface area contributed by atoms with Gasteiger partial charge in [-0.3, -0.25) is 0 Å². The standard InChI is InChI=1S/C15H11ClN8/c16-10-2-1-5-18-14(10)22-15-20-6-9(7-21-15)11-8-19-13-4-3-12(17)23-24(11)13/h1-8H,(H2,17,23)(H,18,20,21,22). The summed E-state index contributed by atoms with van der Waals surface area (Å²) in [4.78, 5) is 17.0. The number of nitrogen functional groups attached to an aromatic ring is 1. The normalized spacial score (nSPS) is 10.9. The first-order valence-corrected chi connectivity index (χ1v) is 7.39. The average Bonchev–Trinajstić information content (AvgIpc) is 3.01. The summed E-state index contributed by atoms with van der Waals surface area (Å²) in [6, 6.07) is 6.98. The second-order valence-corrected chi connectivity index (χ2v) is 5.33. The Balaban J connectivity index is 1.66. The van der Waals surface area contributed by atoms with Crippen LogP contribution in [0.1, 0.15) is 0 Å². The number of pyridine rings is 1. The molecule has 0 aliphatic heterocycles. The van der Waals surface area contributed by atoms with Crippen molar-refractivity contribution in [3.8, 4) is 11.3 Å². The molecule has 0 atom stereocenters. The van der Waals surface area contributed by atoms with Crippen LogP contribution in [0.25, 0.3) is 16.9 Å². The van der Waals surface area contributed by atoms with E-state index in [0.717, 1.165) is 11.3 Å². The third-order valence-corrected chi connectivity index (χ3v) is 3.62. The highest BCUT2D eigenvalue weighted by Gasteiger charge is 2.09. The molecule has 0 amide bonds. The van der Waals surface area contributed by atoms with Gasteiger partial charge in [0.25, 0.3) is 0 Å². The Kier molecular flexibility index (Phi) is 3.43. The van der Waals surface area contributed by atoms with Crippen LogP contribution >= 0.6 is 11.6 Å². The number of rotatable bonds is 3. The van der Waals surface area contributed by atoms with E-state index >= 15 is 0 Å². The lowest BCUT2D eigenvalue weighted by Gasteiger charge is -2.06. The van der Waals surface area contributed by atoms with E-state index in [9.17, 15) is 0 Å². The second kappa shape index (κ2) is 5.74. The van der Waals surface area contributed by atoms with E-state index in [1.165, 1.54) is 0 Å². The number of hydrogen-bond acceptors (Lipinski definition) is 7. The monoisotopic (exact) mass is 338 g/mol. The number of nitrogens with two attached hydrogens (primary N) is 1. The molecular formula is C15H11ClN8. The first kappa shape index (κ1) is 14.3. The lowest BCUT2D eigenvalue weighted by atomic mass is 10.3. The van der Waals surface area contributed by atoms with Crippen LogP contribution in [0, 0.1) is 0 Å². The molecule has 0 saturated carbocycles. The molecule has 118 valence electrons. The maximum atomic E-state index is 6.05. The van der Waals surface area contributed by atoms with Crippen molar-refractivity contribution in [3.05, 3.63) is 54.1 Å². The Morgan fingerprint density at radius 2 is 1.83 bits per heavy atom. The zero-order valence-electron chi connectivity index (χ0n) is 12.3. The molecule has 8 nitrogen and oxygen atoms in total. The highest BCUT2D eigenvalue weighted by atomic mass is 35.5. The molecule has 3 N–H and O–H groups in total. The summed E-state index contributed by atoms with van der Waals surface area (Å²) in [6.45, 7) is 0. The van der Waals surface area contributed by atoms with Crippen LogP contribution < -0.4 is 11.1 Å². The number of nitrogens with one attached hydrogen (secondary N) is 1. The van der Waals surface area contributed by atoms with Gasteiger partial charge in [-0.05, 0) is 24.3 Å². The molecule has 4 aromatic heterocycles. The van der Waals surface area contributed by atoms with Crippen molar-refractivity contribution in [2.75, 3.05) is 11.1 Å². The van der Waals surface area contributed by atoms with E-state index in [-0.39, 0.29) is 0 Å². The molecule has 0 saturated heterocycles. The summed E-state index contributed by atoms with van der Waals surface area (Å²) in [6.07, 6.45) is 6.67. The molecule has 0 aliphatic rings. The van der Waals surface area contributed by atoms with Crippen molar-refractivity contribution < 1.29 is 0 Å². The fourth-order valence-electron chi connectivity index (χ4n) is 2.19. The Labute approximate surface area is 141 Å². The molecule has 0 spiro atoms. The molecule has 0 fully saturated rings. The van der Waals surface area contributed by atoms with Gasteiger partial charge in [0.1, 0.15) is 5.82 Å². The van der Waals surface area contributed by atoms with E-state index < -0.39 is 0 Å². The number of fused-ring (bicyclic) bond motifs is 1. The minimum Gasteiger partial charge on any atom is -0.382 e. The van der Waals surface area contributed by atoms with Gasteiger partial charge in [-0.2, -0.15) is 0 Å². The van der Waals surface area contributed by atoms with Gasteiger partial charge in [0.05, 0.1) is 16.9 Å². The molecule has 0 bridgehead atoms. The van der Waals surface area contributed by atoms with Gasteiger partial charge in [-0.1, -0.05) is 11.6 Å². The van der Waals surface area contributed by atoms with Gasteiger partial charge in [0.15, 0.2) is 11.5 Å². The van der Waals surface area contributed by atoms with Crippen LogP contribution in [0.2, 0.25) is 5.02 Å². The van der Waals surface area contributed by atoms with Gasteiger partial charge in [0, 0.05) is 24.2 Å². The zero-order valence-corrected chi connectivity index (χ0v) is 13.0. The van der Waals surface area contributed by atoms with E-state index in [0.29, 0.717) is 28.3 Å². The highest BCUT2D eigenvalue weighted by Crippen LogP contribution is 2.22. The summed E-state index contributed by atoms with van der Waals surface area (Å²) in [7, 11) is 0. The molecular weight excluding hydrogens is 328 g/mol. The number of imidazole rings is 1. The van der Waals surface area contributed by atoms with Crippen molar-refractivity contribution >= 4 is 34.8 Å². The third-order valence-electron chi connectivity index (χ3n) is 3.32. The maximum Gasteiger partial charge on any atom is 0.228 e. The van der Waals surface area contributed by atoms with Crippen molar-refractivity contribution in [2.24, 2.45) is 0 Å². The maximum absolute atomic E-state index is 6.05. The number of halogens is 1. The number of anilines is 3. The summed E-state index contributed by atoms with van der Waals surface area (Å²) >= 11 is 6.05. The number of aromatic nitrogens is 6. The van der Waals surface area contributed by atoms with E-state index in [1.54, 1.807) is 53.6 Å². The second-order valence-electron chi connectivity index (χ2n) is 4.93. The van der Waals surface area contributed by atoms with Crippen LogP contribution in [-0.4, -0.2) is 29.5 Å². The zero-order chi connectivity index (χ0) is 16.5. The Morgan fingerprint density at radius 1 is 1.00 bits per heavy atom. The van der Waals surface area contributed by atoms with Crippen molar-refractivity contribution in [2.45, 2.75) is 0 Å². The van der Waals surface area contributed by atoms with Gasteiger partial charge >= 0.3 is 0 Å². The van der Waals surface area contributed by atoms with Gasteiger partial charge < -0.3 is 11.1 Å². The molecule has 4 aromatic rings. The smallest absolute Gasteiger partial charge is 0.228 e. The van der Waals surface area contributed by atoms with Crippen molar-refractivity contribution in [1.82, 2.24) is 29.5 Å². The van der Waals surface area contributed by atoms with Crippen LogP contribution in [0.15, 0.2) is 49.1 Å².